The second kappa shape index (κ2) is 3.89. The monoisotopic (exact) mass is 208 g/mol. The van der Waals surface area contributed by atoms with Crippen molar-refractivity contribution >= 4 is 11.6 Å². The third kappa shape index (κ3) is 1.73. The van der Waals surface area contributed by atoms with E-state index in [9.17, 15) is 8.78 Å². The first-order valence-electron chi connectivity index (χ1n) is 3.43. The lowest BCUT2D eigenvalue weighted by Gasteiger charge is -2.07. The summed E-state index contributed by atoms with van der Waals surface area (Å²) in [6, 6.07) is 1.12. The second-order valence-corrected chi connectivity index (χ2v) is 2.74. The summed E-state index contributed by atoms with van der Waals surface area (Å²) in [5, 5.41) is 8.56. The van der Waals surface area contributed by atoms with Crippen LogP contribution in [0.3, 0.4) is 0 Å². The van der Waals surface area contributed by atoms with E-state index in [2.05, 4.69) is 4.74 Å². The van der Waals surface area contributed by atoms with Gasteiger partial charge in [0.1, 0.15) is 0 Å². The Hall–Kier alpha value is -0.870. The average molecular weight is 209 g/mol. The van der Waals surface area contributed by atoms with Crippen molar-refractivity contribution in [3.63, 3.8) is 0 Å². The molecule has 0 fully saturated rings. The maximum atomic E-state index is 13.0. The van der Waals surface area contributed by atoms with E-state index in [4.69, 9.17) is 16.7 Å². The zero-order valence-electron chi connectivity index (χ0n) is 6.77. The Labute approximate surface area is 78.7 Å². The molecular weight excluding hydrogens is 202 g/mol. The van der Waals surface area contributed by atoms with Crippen molar-refractivity contribution in [2.24, 2.45) is 0 Å². The van der Waals surface area contributed by atoms with Crippen LogP contribution in [0.4, 0.5) is 8.78 Å². The molecule has 0 aliphatic heterocycles. The van der Waals surface area contributed by atoms with Crippen molar-refractivity contribution in [1.82, 2.24) is 0 Å². The first-order chi connectivity index (χ1) is 6.11. The maximum absolute atomic E-state index is 13.0. The predicted molar refractivity (Wildman–Crippen MR) is 43.8 cm³/mol. The number of aliphatic hydroxyl groups is 1. The molecule has 0 spiro atoms. The van der Waals surface area contributed by atoms with Crippen LogP contribution in [0.5, 0.6) is 5.75 Å². The van der Waals surface area contributed by atoms with E-state index in [0.29, 0.717) is 0 Å². The number of halogens is 3. The summed E-state index contributed by atoms with van der Waals surface area (Å²) in [6.45, 7) is -0.605. The van der Waals surface area contributed by atoms with Gasteiger partial charge in [-0.15, -0.1) is 0 Å². The molecule has 0 aromatic heterocycles. The largest absolute Gasteiger partial charge is 0.492 e. The Bertz CT molecular complexity index is 328. The molecule has 72 valence electrons. The summed E-state index contributed by atoms with van der Waals surface area (Å²) in [5.41, 5.74) is -0.191. The van der Waals surface area contributed by atoms with Gasteiger partial charge in [-0.1, -0.05) is 11.6 Å². The lowest BCUT2D eigenvalue weighted by atomic mass is 10.2. The van der Waals surface area contributed by atoms with E-state index in [1.54, 1.807) is 0 Å². The van der Waals surface area contributed by atoms with Crippen LogP contribution in [0.1, 0.15) is 5.56 Å². The van der Waals surface area contributed by atoms with Gasteiger partial charge in [0.05, 0.1) is 18.7 Å². The summed E-state index contributed by atoms with van der Waals surface area (Å²) in [6.07, 6.45) is 0. The highest BCUT2D eigenvalue weighted by Gasteiger charge is 2.17. The smallest absolute Gasteiger partial charge is 0.202 e. The predicted octanol–water partition coefficient (Wildman–Crippen LogP) is 2.12. The zero-order valence-corrected chi connectivity index (χ0v) is 7.53. The topological polar surface area (TPSA) is 29.5 Å². The molecular formula is C8H7ClF2O2. The highest BCUT2D eigenvalue weighted by Crippen LogP contribution is 2.31. The third-order valence-electron chi connectivity index (χ3n) is 1.57. The quantitative estimate of drug-likeness (QED) is 0.755. The number of methoxy groups -OCH3 is 1. The molecule has 1 aromatic rings. The summed E-state index contributed by atoms with van der Waals surface area (Å²) in [5.74, 6) is -2.67. The van der Waals surface area contributed by atoms with Gasteiger partial charge in [-0.3, -0.25) is 0 Å². The first kappa shape index (κ1) is 10.2. The molecule has 0 aliphatic rings. The van der Waals surface area contributed by atoms with Crippen LogP contribution in [0, 0.1) is 11.6 Å². The Morgan fingerprint density at radius 2 is 2.08 bits per heavy atom. The normalized spacial score (nSPS) is 10.2. The van der Waals surface area contributed by atoms with Gasteiger partial charge in [0, 0.05) is 5.56 Å². The van der Waals surface area contributed by atoms with E-state index in [0.717, 1.165) is 6.07 Å². The van der Waals surface area contributed by atoms with Crippen molar-refractivity contribution in [3.05, 3.63) is 28.3 Å². The number of benzene rings is 1. The van der Waals surface area contributed by atoms with E-state index >= 15 is 0 Å². The molecule has 0 amide bonds. The highest BCUT2D eigenvalue weighted by atomic mass is 35.5. The summed E-state index contributed by atoms with van der Waals surface area (Å²) < 4.78 is 30.5. The van der Waals surface area contributed by atoms with Gasteiger partial charge in [0.25, 0.3) is 0 Å². The molecule has 1 rings (SSSR count). The van der Waals surface area contributed by atoms with Crippen LogP contribution >= 0.6 is 11.6 Å². The third-order valence-corrected chi connectivity index (χ3v) is 1.85. The van der Waals surface area contributed by atoms with Crippen LogP contribution in [0.15, 0.2) is 6.07 Å². The van der Waals surface area contributed by atoms with Crippen LogP contribution in [-0.2, 0) is 6.61 Å². The number of rotatable bonds is 2. The van der Waals surface area contributed by atoms with Gasteiger partial charge in [0.15, 0.2) is 11.6 Å². The SMILES string of the molecule is COc1c(Cl)cc(CO)c(F)c1F. The minimum Gasteiger partial charge on any atom is -0.492 e. The minimum atomic E-state index is -1.18. The number of hydrogen-bond donors (Lipinski definition) is 1. The summed E-state index contributed by atoms with van der Waals surface area (Å²) in [4.78, 5) is 0. The standard InChI is InChI=1S/C8H7ClF2O2/c1-13-8-5(9)2-4(3-12)6(10)7(8)11/h2,12H,3H2,1H3. The Morgan fingerprint density at radius 1 is 1.46 bits per heavy atom. The molecule has 2 nitrogen and oxygen atoms in total. The summed E-state index contributed by atoms with van der Waals surface area (Å²) >= 11 is 5.54. The first-order valence-corrected chi connectivity index (χ1v) is 3.80. The van der Waals surface area contributed by atoms with Crippen molar-refractivity contribution in [2.75, 3.05) is 7.11 Å². The highest BCUT2D eigenvalue weighted by molar-refractivity contribution is 6.32. The molecule has 0 heterocycles. The van der Waals surface area contributed by atoms with Crippen molar-refractivity contribution in [3.8, 4) is 5.75 Å². The molecule has 0 aliphatic carbocycles. The van der Waals surface area contributed by atoms with E-state index in [1.807, 2.05) is 0 Å². The second-order valence-electron chi connectivity index (χ2n) is 2.34. The van der Waals surface area contributed by atoms with Gasteiger partial charge >= 0.3 is 0 Å². The fraction of sp³-hybridized carbons (Fsp3) is 0.250. The summed E-state index contributed by atoms with van der Waals surface area (Å²) in [7, 11) is 1.18. The van der Waals surface area contributed by atoms with Crippen LogP contribution in [0.25, 0.3) is 0 Å². The fourth-order valence-corrected chi connectivity index (χ4v) is 1.22. The molecule has 0 radical (unpaired) electrons. The molecule has 0 unspecified atom stereocenters. The van der Waals surface area contributed by atoms with Crippen LogP contribution in [0.2, 0.25) is 5.02 Å². The molecule has 13 heavy (non-hydrogen) atoms. The van der Waals surface area contributed by atoms with Gasteiger partial charge in [-0.25, -0.2) is 4.39 Å². The average Bonchev–Trinajstić information content (AvgIpc) is 2.12. The van der Waals surface area contributed by atoms with Gasteiger partial charge < -0.3 is 9.84 Å². The van der Waals surface area contributed by atoms with Crippen molar-refractivity contribution in [2.45, 2.75) is 6.61 Å². The van der Waals surface area contributed by atoms with Crippen LogP contribution in [-0.4, -0.2) is 12.2 Å². The molecule has 0 atom stereocenters. The zero-order chi connectivity index (χ0) is 10.0. The number of aliphatic hydroxyl groups excluding tert-OH is 1. The number of ether oxygens (including phenoxy) is 1. The Kier molecular flexibility index (Phi) is 3.06. The minimum absolute atomic E-state index is 0.0644. The maximum Gasteiger partial charge on any atom is 0.202 e. The lowest BCUT2D eigenvalue weighted by molar-refractivity contribution is 0.271. The Morgan fingerprint density at radius 3 is 2.54 bits per heavy atom. The molecule has 5 heteroatoms. The lowest BCUT2D eigenvalue weighted by Crippen LogP contribution is -1.98. The Balaban J connectivity index is 3.37. The van der Waals surface area contributed by atoms with Gasteiger partial charge in [-0.2, -0.15) is 4.39 Å². The molecule has 1 aromatic carbocycles. The molecule has 1 N–H and O–H groups in total. The number of hydrogen-bond acceptors (Lipinski definition) is 2. The van der Waals surface area contributed by atoms with Crippen molar-refractivity contribution < 1.29 is 18.6 Å². The van der Waals surface area contributed by atoms with E-state index < -0.39 is 18.2 Å². The van der Waals surface area contributed by atoms with Gasteiger partial charge in [-0.05, 0) is 6.07 Å². The van der Waals surface area contributed by atoms with Gasteiger partial charge in [0.2, 0.25) is 5.82 Å². The molecule has 0 saturated carbocycles. The van der Waals surface area contributed by atoms with Crippen molar-refractivity contribution in [1.29, 1.82) is 0 Å². The van der Waals surface area contributed by atoms with E-state index in [-0.39, 0.29) is 16.3 Å². The molecule has 0 bridgehead atoms. The van der Waals surface area contributed by atoms with E-state index in [1.165, 1.54) is 7.11 Å². The fourth-order valence-electron chi connectivity index (χ4n) is 0.930. The van der Waals surface area contributed by atoms with Crippen LogP contribution < -0.4 is 4.74 Å². The molecule has 0 saturated heterocycles.